The van der Waals surface area contributed by atoms with Crippen molar-refractivity contribution >= 4 is 0 Å². The monoisotopic (exact) mass is 374 g/mol. The second-order valence-electron chi connectivity index (χ2n) is 5.48. The van der Waals surface area contributed by atoms with Crippen LogP contribution in [-0.2, 0) is 6.18 Å². The van der Waals surface area contributed by atoms with Crippen molar-refractivity contribution < 1.29 is 36.2 Å². The van der Waals surface area contributed by atoms with Crippen LogP contribution < -0.4 is 4.74 Å². The van der Waals surface area contributed by atoms with Gasteiger partial charge in [0.15, 0.2) is 23.8 Å². The molecular formula is C16H8F6N2O2. The van der Waals surface area contributed by atoms with Gasteiger partial charge < -0.3 is 9.84 Å². The molecule has 0 radical (unpaired) electrons. The van der Waals surface area contributed by atoms with Crippen molar-refractivity contribution in [3.05, 3.63) is 52.6 Å². The summed E-state index contributed by atoms with van der Waals surface area (Å²) in [5.74, 6) is -1.82. The number of aliphatic hydroxyl groups is 1. The van der Waals surface area contributed by atoms with E-state index in [1.165, 1.54) is 0 Å². The van der Waals surface area contributed by atoms with Gasteiger partial charge in [0.2, 0.25) is 0 Å². The maximum atomic E-state index is 14.2. The molecule has 1 heterocycles. The highest BCUT2D eigenvalue weighted by molar-refractivity contribution is 5.51. The molecule has 26 heavy (non-hydrogen) atoms. The quantitative estimate of drug-likeness (QED) is 0.796. The van der Waals surface area contributed by atoms with Crippen LogP contribution in [0.3, 0.4) is 0 Å². The zero-order valence-corrected chi connectivity index (χ0v) is 12.6. The molecule has 1 aliphatic carbocycles. The fourth-order valence-electron chi connectivity index (χ4n) is 2.71. The molecule has 1 aliphatic rings. The van der Waals surface area contributed by atoms with Crippen molar-refractivity contribution in [1.82, 2.24) is 4.98 Å². The Morgan fingerprint density at radius 3 is 2.46 bits per heavy atom. The number of benzene rings is 1. The SMILES string of the molecule is N#Cc1cc(F)cc(Oc2cnc(C(F)(F)F)c3c2[C@@H](F)[C@@H](F)[C@H]3O)c1. The highest BCUT2D eigenvalue weighted by atomic mass is 19.4. The summed E-state index contributed by atoms with van der Waals surface area (Å²) in [5, 5.41) is 18.5. The van der Waals surface area contributed by atoms with Crippen molar-refractivity contribution in [2.24, 2.45) is 0 Å². The molecule has 4 nitrogen and oxygen atoms in total. The Hall–Kier alpha value is -2.80. The number of hydrogen-bond donors (Lipinski definition) is 1. The van der Waals surface area contributed by atoms with Crippen LogP contribution in [0.4, 0.5) is 26.3 Å². The van der Waals surface area contributed by atoms with Gasteiger partial charge in [-0.15, -0.1) is 0 Å². The first-order valence-corrected chi connectivity index (χ1v) is 7.08. The van der Waals surface area contributed by atoms with Crippen molar-refractivity contribution in [2.45, 2.75) is 24.6 Å². The lowest BCUT2D eigenvalue weighted by Crippen LogP contribution is -2.16. The van der Waals surface area contributed by atoms with E-state index < -0.39 is 53.0 Å². The molecule has 0 amide bonds. The van der Waals surface area contributed by atoms with Gasteiger partial charge in [0, 0.05) is 17.2 Å². The van der Waals surface area contributed by atoms with Crippen molar-refractivity contribution in [1.29, 1.82) is 5.26 Å². The maximum Gasteiger partial charge on any atom is 0.433 e. The number of nitriles is 1. The smallest absolute Gasteiger partial charge is 0.433 e. The average molecular weight is 374 g/mol. The molecular weight excluding hydrogens is 366 g/mol. The van der Waals surface area contributed by atoms with E-state index in [0.29, 0.717) is 6.20 Å². The van der Waals surface area contributed by atoms with Crippen LogP contribution in [0.25, 0.3) is 0 Å². The third-order valence-corrected chi connectivity index (χ3v) is 3.77. The van der Waals surface area contributed by atoms with E-state index in [1.807, 2.05) is 0 Å². The topological polar surface area (TPSA) is 66.1 Å². The van der Waals surface area contributed by atoms with E-state index in [0.717, 1.165) is 18.2 Å². The Morgan fingerprint density at radius 1 is 1.15 bits per heavy atom. The van der Waals surface area contributed by atoms with Crippen molar-refractivity contribution in [3.63, 3.8) is 0 Å². The number of rotatable bonds is 2. The van der Waals surface area contributed by atoms with E-state index in [2.05, 4.69) is 4.98 Å². The van der Waals surface area contributed by atoms with Crippen LogP contribution in [0, 0.1) is 17.1 Å². The Morgan fingerprint density at radius 2 is 1.85 bits per heavy atom. The first kappa shape index (κ1) is 18.0. The summed E-state index contributed by atoms with van der Waals surface area (Å²) in [6.07, 6.45) is -12.2. The zero-order chi connectivity index (χ0) is 19.2. The zero-order valence-electron chi connectivity index (χ0n) is 12.6. The molecule has 2 aromatic rings. The lowest BCUT2D eigenvalue weighted by Gasteiger charge is -2.16. The molecule has 136 valence electrons. The molecule has 0 saturated heterocycles. The van der Waals surface area contributed by atoms with E-state index in [9.17, 15) is 31.4 Å². The lowest BCUT2D eigenvalue weighted by atomic mass is 10.1. The van der Waals surface area contributed by atoms with Gasteiger partial charge in [-0.2, -0.15) is 18.4 Å². The Kier molecular flexibility index (Phi) is 4.28. The molecule has 3 rings (SSSR count). The standard InChI is InChI=1S/C16H8F6N2O2/c17-7-1-6(4-23)2-8(3-7)26-9-5-24-15(16(20,21)22)11-10(9)12(18)13(19)14(11)25/h1-3,5,12-14,25H/t12-,13-,14+/m1/s1. The maximum absolute atomic E-state index is 14.2. The molecule has 0 unspecified atom stereocenters. The molecule has 0 saturated carbocycles. The second-order valence-corrected chi connectivity index (χ2v) is 5.48. The lowest BCUT2D eigenvalue weighted by molar-refractivity contribution is -0.143. The molecule has 10 heteroatoms. The van der Waals surface area contributed by atoms with E-state index in [4.69, 9.17) is 10.00 Å². The number of hydrogen-bond acceptors (Lipinski definition) is 4. The fraction of sp³-hybridized carbons (Fsp3) is 0.250. The van der Waals surface area contributed by atoms with Crippen LogP contribution in [0.1, 0.15) is 34.7 Å². The second kappa shape index (κ2) is 6.17. The summed E-state index contributed by atoms with van der Waals surface area (Å²) in [5.41, 5.74) is -3.70. The van der Waals surface area contributed by atoms with Crippen molar-refractivity contribution in [2.75, 3.05) is 0 Å². The molecule has 0 spiro atoms. The van der Waals surface area contributed by atoms with Gasteiger partial charge in [-0.3, -0.25) is 0 Å². The number of alkyl halides is 5. The Bertz CT molecular complexity index is 909. The third kappa shape index (κ3) is 2.94. The minimum Gasteiger partial charge on any atom is -0.455 e. The Balaban J connectivity index is 2.14. The van der Waals surface area contributed by atoms with Gasteiger partial charge in [-0.25, -0.2) is 18.2 Å². The normalized spacial score (nSPS) is 22.0. The van der Waals surface area contributed by atoms with Gasteiger partial charge in [-0.05, 0) is 12.1 Å². The highest BCUT2D eigenvalue weighted by Crippen LogP contribution is 2.51. The summed E-state index contributed by atoms with van der Waals surface area (Å²) in [4.78, 5) is 3.10. The highest BCUT2D eigenvalue weighted by Gasteiger charge is 2.50. The molecule has 0 bridgehead atoms. The molecule has 3 atom stereocenters. The van der Waals surface area contributed by atoms with Crippen molar-refractivity contribution in [3.8, 4) is 17.6 Å². The number of pyridine rings is 1. The molecule has 0 aliphatic heterocycles. The molecule has 1 aromatic carbocycles. The van der Waals surface area contributed by atoms with Gasteiger partial charge in [-0.1, -0.05) is 0 Å². The van der Waals surface area contributed by atoms with Gasteiger partial charge in [0.1, 0.15) is 17.7 Å². The number of aromatic nitrogens is 1. The number of halogens is 6. The predicted molar refractivity (Wildman–Crippen MR) is 74.1 cm³/mol. The third-order valence-electron chi connectivity index (χ3n) is 3.77. The molecule has 1 aromatic heterocycles. The first-order valence-electron chi connectivity index (χ1n) is 7.08. The molecule has 0 fully saturated rings. The summed E-state index contributed by atoms with van der Waals surface area (Å²) in [7, 11) is 0. The minimum atomic E-state index is -5.06. The number of nitrogens with zero attached hydrogens (tertiary/aromatic N) is 2. The number of ether oxygens (including phenoxy) is 1. The van der Waals surface area contributed by atoms with E-state index in [1.54, 1.807) is 6.07 Å². The first-order chi connectivity index (χ1) is 12.1. The fourth-order valence-corrected chi connectivity index (χ4v) is 2.71. The summed E-state index contributed by atoms with van der Waals surface area (Å²) < 4.78 is 85.7. The predicted octanol–water partition coefficient (Wildman–Crippen LogP) is 4.30. The molecule has 1 N–H and O–H groups in total. The largest absolute Gasteiger partial charge is 0.455 e. The summed E-state index contributed by atoms with van der Waals surface area (Å²) in [6, 6.07) is 4.37. The van der Waals surface area contributed by atoms with Crippen LogP contribution >= 0.6 is 0 Å². The van der Waals surface area contributed by atoms with E-state index >= 15 is 0 Å². The van der Waals surface area contributed by atoms with Gasteiger partial charge >= 0.3 is 6.18 Å². The van der Waals surface area contributed by atoms with Gasteiger partial charge in [0.05, 0.1) is 17.8 Å². The van der Waals surface area contributed by atoms with Gasteiger partial charge in [0.25, 0.3) is 0 Å². The van der Waals surface area contributed by atoms with Crippen LogP contribution in [0.15, 0.2) is 24.4 Å². The summed E-state index contributed by atoms with van der Waals surface area (Å²) in [6.45, 7) is 0. The number of fused-ring (bicyclic) bond motifs is 1. The van der Waals surface area contributed by atoms with Crippen LogP contribution in [-0.4, -0.2) is 16.3 Å². The van der Waals surface area contributed by atoms with Crippen LogP contribution in [0.2, 0.25) is 0 Å². The number of aliphatic hydroxyl groups excluding tert-OH is 1. The Labute approximate surface area is 142 Å². The average Bonchev–Trinajstić information content (AvgIpc) is 2.79. The summed E-state index contributed by atoms with van der Waals surface area (Å²) >= 11 is 0. The minimum absolute atomic E-state index is 0.156. The van der Waals surface area contributed by atoms with E-state index in [-0.39, 0.29) is 11.3 Å². The van der Waals surface area contributed by atoms with Crippen LogP contribution in [0.5, 0.6) is 11.5 Å².